The van der Waals surface area contributed by atoms with Crippen molar-refractivity contribution in [3.05, 3.63) is 23.7 Å². The molecule has 0 bridgehead atoms. The largest absolute Gasteiger partial charge is 0.268 e. The van der Waals surface area contributed by atoms with Gasteiger partial charge in [0.1, 0.15) is 10.6 Å². The maximum atomic E-state index is 13.0. The first-order valence-corrected chi connectivity index (χ1v) is 10.6. The summed E-state index contributed by atoms with van der Waals surface area (Å²) in [5.74, 6) is 0.422. The molecular formula is C14H19Cl2N3O2S2. The van der Waals surface area contributed by atoms with Crippen molar-refractivity contribution in [3.63, 3.8) is 0 Å². The maximum absolute atomic E-state index is 13.0. The molecule has 0 aliphatic heterocycles. The Hall–Kier alpha value is -0.600. The van der Waals surface area contributed by atoms with E-state index >= 15 is 0 Å². The molecule has 0 amide bonds. The van der Waals surface area contributed by atoms with Crippen LogP contribution >= 0.6 is 34.5 Å². The zero-order valence-electron chi connectivity index (χ0n) is 12.9. The number of thiophene rings is 1. The summed E-state index contributed by atoms with van der Waals surface area (Å²) in [6.07, 6.45) is 1.59. The fourth-order valence-corrected chi connectivity index (χ4v) is 5.07. The number of halogens is 2. The highest BCUT2D eigenvalue weighted by Gasteiger charge is 2.30. The molecule has 0 aliphatic rings. The Balaban J connectivity index is 2.56. The van der Waals surface area contributed by atoms with Gasteiger partial charge in [-0.1, -0.05) is 6.07 Å². The zero-order valence-corrected chi connectivity index (χ0v) is 16.1. The Morgan fingerprint density at radius 3 is 2.43 bits per heavy atom. The van der Waals surface area contributed by atoms with Gasteiger partial charge in [0.25, 0.3) is 0 Å². The standard InChI is InChI=1S/C14H19Cl2N3O2S2/c1-11(2)19-10-13(14(17-19)12-4-3-9-22-12)23(20,21)18(7-5-15)8-6-16/h3-4,9-11H,5-8H2,1-2H3. The smallest absolute Gasteiger partial charge is 0.246 e. The molecule has 0 N–H and O–H groups in total. The molecule has 0 radical (unpaired) electrons. The SMILES string of the molecule is CC(C)n1cc(S(=O)(=O)N(CCCl)CCCl)c(-c2cccs2)n1. The monoisotopic (exact) mass is 395 g/mol. The van der Waals surface area contributed by atoms with Crippen LogP contribution in [0, 0.1) is 0 Å². The predicted molar refractivity (Wildman–Crippen MR) is 96.1 cm³/mol. The van der Waals surface area contributed by atoms with E-state index in [2.05, 4.69) is 5.10 Å². The summed E-state index contributed by atoms with van der Waals surface area (Å²) < 4.78 is 29.0. The number of sulfonamides is 1. The van der Waals surface area contributed by atoms with E-state index in [1.165, 1.54) is 15.6 Å². The molecule has 0 aromatic carbocycles. The quantitative estimate of drug-likeness (QED) is 0.640. The van der Waals surface area contributed by atoms with Gasteiger partial charge < -0.3 is 0 Å². The van der Waals surface area contributed by atoms with Crippen LogP contribution in [0.25, 0.3) is 10.6 Å². The van der Waals surface area contributed by atoms with Crippen molar-refractivity contribution in [2.75, 3.05) is 24.8 Å². The zero-order chi connectivity index (χ0) is 17.0. The molecule has 0 saturated carbocycles. The van der Waals surface area contributed by atoms with Crippen LogP contribution in [0.15, 0.2) is 28.6 Å². The first-order chi connectivity index (χ1) is 10.9. The normalized spacial score (nSPS) is 12.4. The van der Waals surface area contributed by atoms with Crippen molar-refractivity contribution >= 4 is 44.6 Å². The average molecular weight is 396 g/mol. The molecule has 0 aliphatic carbocycles. The summed E-state index contributed by atoms with van der Waals surface area (Å²) in [6.45, 7) is 4.34. The Morgan fingerprint density at radius 1 is 1.30 bits per heavy atom. The van der Waals surface area contributed by atoms with Crippen LogP contribution in [-0.2, 0) is 10.0 Å². The molecule has 9 heteroatoms. The molecule has 0 fully saturated rings. The molecule has 0 unspecified atom stereocenters. The van der Waals surface area contributed by atoms with E-state index in [1.807, 2.05) is 31.4 Å². The number of hydrogen-bond acceptors (Lipinski definition) is 4. The van der Waals surface area contributed by atoms with Crippen LogP contribution in [-0.4, -0.2) is 47.4 Å². The van der Waals surface area contributed by atoms with Gasteiger partial charge in [0.15, 0.2) is 0 Å². The molecule has 0 spiro atoms. The highest BCUT2D eigenvalue weighted by Crippen LogP contribution is 2.32. The number of alkyl halides is 2. The van der Waals surface area contributed by atoms with Crippen LogP contribution in [0.5, 0.6) is 0 Å². The van der Waals surface area contributed by atoms with Crippen molar-refractivity contribution < 1.29 is 8.42 Å². The lowest BCUT2D eigenvalue weighted by Gasteiger charge is -2.19. The Bertz CT molecular complexity index is 721. The second kappa shape index (κ2) is 7.98. The Labute approximate surface area is 150 Å². The van der Waals surface area contributed by atoms with Gasteiger partial charge >= 0.3 is 0 Å². The first kappa shape index (κ1) is 18.7. The van der Waals surface area contributed by atoms with Crippen molar-refractivity contribution in [1.29, 1.82) is 0 Å². The van der Waals surface area contributed by atoms with Gasteiger partial charge in [0, 0.05) is 37.1 Å². The number of nitrogens with zero attached hydrogens (tertiary/aromatic N) is 3. The van der Waals surface area contributed by atoms with Crippen LogP contribution in [0.2, 0.25) is 0 Å². The molecule has 2 heterocycles. The molecule has 0 atom stereocenters. The summed E-state index contributed by atoms with van der Waals surface area (Å²) in [4.78, 5) is 1.02. The topological polar surface area (TPSA) is 55.2 Å². The van der Waals surface area contributed by atoms with Gasteiger partial charge in [-0.15, -0.1) is 34.5 Å². The van der Waals surface area contributed by atoms with Crippen LogP contribution in [0.1, 0.15) is 19.9 Å². The third kappa shape index (κ3) is 4.09. The molecule has 2 aromatic heterocycles. The van der Waals surface area contributed by atoms with Crippen molar-refractivity contribution in [1.82, 2.24) is 14.1 Å². The minimum absolute atomic E-state index is 0.0622. The van der Waals surface area contributed by atoms with E-state index in [4.69, 9.17) is 23.2 Å². The predicted octanol–water partition coefficient (Wildman–Crippen LogP) is 3.66. The number of rotatable bonds is 8. The van der Waals surface area contributed by atoms with Gasteiger partial charge in [-0.25, -0.2) is 8.42 Å². The number of hydrogen-bond donors (Lipinski definition) is 0. The summed E-state index contributed by atoms with van der Waals surface area (Å²) >= 11 is 13.0. The van der Waals surface area contributed by atoms with Gasteiger partial charge in [0.2, 0.25) is 10.0 Å². The highest BCUT2D eigenvalue weighted by molar-refractivity contribution is 7.89. The molecule has 23 heavy (non-hydrogen) atoms. The third-order valence-corrected chi connectivity index (χ3v) is 6.38. The first-order valence-electron chi connectivity index (χ1n) is 7.17. The van der Waals surface area contributed by atoms with E-state index in [0.29, 0.717) is 5.69 Å². The number of aromatic nitrogens is 2. The van der Waals surface area contributed by atoms with Gasteiger partial charge in [-0.3, -0.25) is 4.68 Å². The molecular weight excluding hydrogens is 377 g/mol. The van der Waals surface area contributed by atoms with Crippen molar-refractivity contribution in [2.45, 2.75) is 24.8 Å². The lowest BCUT2D eigenvalue weighted by Crippen LogP contribution is -2.34. The summed E-state index contributed by atoms with van der Waals surface area (Å²) in [7, 11) is -3.71. The van der Waals surface area contributed by atoms with E-state index in [9.17, 15) is 8.42 Å². The van der Waals surface area contributed by atoms with E-state index in [1.54, 1.807) is 10.9 Å². The van der Waals surface area contributed by atoms with Crippen molar-refractivity contribution in [2.24, 2.45) is 0 Å². The van der Waals surface area contributed by atoms with Crippen LogP contribution in [0.3, 0.4) is 0 Å². The lowest BCUT2D eigenvalue weighted by atomic mass is 10.3. The van der Waals surface area contributed by atoms with Crippen LogP contribution in [0.4, 0.5) is 0 Å². The highest BCUT2D eigenvalue weighted by atomic mass is 35.5. The third-order valence-electron chi connectivity index (χ3n) is 3.27. The van der Waals surface area contributed by atoms with Gasteiger partial charge in [-0.2, -0.15) is 9.40 Å². The Kier molecular flexibility index (Phi) is 6.50. The van der Waals surface area contributed by atoms with Gasteiger partial charge in [-0.05, 0) is 25.3 Å². The fraction of sp³-hybridized carbons (Fsp3) is 0.500. The van der Waals surface area contributed by atoms with E-state index in [0.717, 1.165) is 4.88 Å². The average Bonchev–Trinajstić information content (AvgIpc) is 3.15. The molecule has 2 aromatic rings. The molecule has 2 rings (SSSR count). The second-order valence-corrected chi connectivity index (χ2v) is 8.79. The molecule has 5 nitrogen and oxygen atoms in total. The summed E-state index contributed by atoms with van der Waals surface area (Å²) in [6, 6.07) is 3.80. The van der Waals surface area contributed by atoms with E-state index in [-0.39, 0.29) is 35.8 Å². The fourth-order valence-electron chi connectivity index (χ4n) is 2.09. The van der Waals surface area contributed by atoms with Gasteiger partial charge in [0.05, 0.1) is 4.88 Å². The molecule has 128 valence electrons. The lowest BCUT2D eigenvalue weighted by molar-refractivity contribution is 0.448. The van der Waals surface area contributed by atoms with Crippen LogP contribution < -0.4 is 0 Å². The summed E-state index contributed by atoms with van der Waals surface area (Å²) in [5.41, 5.74) is 0.475. The maximum Gasteiger partial charge on any atom is 0.246 e. The van der Waals surface area contributed by atoms with Crippen molar-refractivity contribution in [3.8, 4) is 10.6 Å². The summed E-state index contributed by atoms with van der Waals surface area (Å²) in [5, 5.41) is 6.37. The molecule has 0 saturated heterocycles. The minimum Gasteiger partial charge on any atom is -0.268 e. The Morgan fingerprint density at radius 2 is 1.96 bits per heavy atom. The van der Waals surface area contributed by atoms with E-state index < -0.39 is 10.0 Å². The second-order valence-electron chi connectivity index (χ2n) is 5.18. The minimum atomic E-state index is -3.71.